The van der Waals surface area contributed by atoms with E-state index in [1.54, 1.807) is 18.2 Å². The normalized spacial score (nSPS) is 25.0. The Hall–Kier alpha value is -1.13. The van der Waals surface area contributed by atoms with Gasteiger partial charge in [0, 0.05) is 5.70 Å². The molecule has 6 N–H and O–H groups in total. The lowest BCUT2D eigenvalue weighted by Gasteiger charge is -2.24. The number of rotatable bonds is 4. The van der Waals surface area contributed by atoms with Crippen LogP contribution in [0, 0.1) is 17.9 Å². The second-order valence-corrected chi connectivity index (χ2v) is 4.29. The molecule has 1 rings (SSSR count). The molecule has 1 aliphatic carbocycles. The number of allylic oxidation sites excluding steroid dienone is 1. The highest BCUT2D eigenvalue weighted by Gasteiger charge is 2.28. The molecule has 4 heteroatoms. The SMILES string of the molecule is CC[C@@H](C)[C@@H](N)C(=O)C1C=C[C](N)C=C1N. The molecule has 0 spiro atoms. The fourth-order valence-electron chi connectivity index (χ4n) is 1.65. The molecule has 0 bridgehead atoms. The van der Waals surface area contributed by atoms with E-state index in [0.29, 0.717) is 11.7 Å². The summed E-state index contributed by atoms with van der Waals surface area (Å²) in [5.74, 6) is -0.292. The summed E-state index contributed by atoms with van der Waals surface area (Å²) >= 11 is 0. The molecule has 4 nitrogen and oxygen atoms in total. The summed E-state index contributed by atoms with van der Waals surface area (Å²) in [6.45, 7) is 3.98. The Labute approximate surface area is 96.5 Å². The Morgan fingerprint density at radius 1 is 1.50 bits per heavy atom. The average molecular weight is 222 g/mol. The average Bonchev–Trinajstić information content (AvgIpc) is 2.26. The molecule has 16 heavy (non-hydrogen) atoms. The van der Waals surface area contributed by atoms with Crippen LogP contribution in [-0.2, 0) is 4.79 Å². The molecule has 0 amide bonds. The van der Waals surface area contributed by atoms with Crippen molar-refractivity contribution in [3.05, 3.63) is 30.0 Å². The van der Waals surface area contributed by atoms with E-state index in [-0.39, 0.29) is 11.7 Å². The van der Waals surface area contributed by atoms with Crippen molar-refractivity contribution in [2.75, 3.05) is 0 Å². The van der Waals surface area contributed by atoms with Crippen LogP contribution in [0.5, 0.6) is 0 Å². The van der Waals surface area contributed by atoms with Gasteiger partial charge in [-0.1, -0.05) is 32.4 Å². The van der Waals surface area contributed by atoms with Crippen molar-refractivity contribution in [3.8, 4) is 0 Å². The summed E-state index contributed by atoms with van der Waals surface area (Å²) in [6, 6.07) is 0.101. The minimum Gasteiger partial charge on any atom is -0.401 e. The Kier molecular flexibility index (Phi) is 4.26. The summed E-state index contributed by atoms with van der Waals surface area (Å²) < 4.78 is 0. The first kappa shape index (κ1) is 12.9. The van der Waals surface area contributed by atoms with Crippen LogP contribution in [0.1, 0.15) is 20.3 Å². The van der Waals surface area contributed by atoms with Crippen molar-refractivity contribution >= 4 is 5.78 Å². The minimum atomic E-state index is -0.467. The molecule has 1 aliphatic rings. The van der Waals surface area contributed by atoms with Gasteiger partial charge in [-0.15, -0.1) is 0 Å². The monoisotopic (exact) mass is 222 g/mol. The molecule has 0 heterocycles. The molecule has 0 saturated heterocycles. The van der Waals surface area contributed by atoms with Crippen molar-refractivity contribution in [2.24, 2.45) is 29.0 Å². The van der Waals surface area contributed by atoms with E-state index >= 15 is 0 Å². The molecule has 1 unspecified atom stereocenters. The van der Waals surface area contributed by atoms with Gasteiger partial charge in [0.25, 0.3) is 0 Å². The van der Waals surface area contributed by atoms with Crippen LogP contribution < -0.4 is 17.2 Å². The first-order chi connectivity index (χ1) is 7.47. The van der Waals surface area contributed by atoms with Crippen LogP contribution in [0.25, 0.3) is 0 Å². The summed E-state index contributed by atoms with van der Waals surface area (Å²) in [6.07, 6.45) is 5.91. The maximum atomic E-state index is 12.1. The lowest BCUT2D eigenvalue weighted by molar-refractivity contribution is -0.122. The zero-order valence-corrected chi connectivity index (χ0v) is 9.81. The fourth-order valence-corrected chi connectivity index (χ4v) is 1.65. The first-order valence-corrected chi connectivity index (χ1v) is 5.54. The van der Waals surface area contributed by atoms with Crippen molar-refractivity contribution in [2.45, 2.75) is 26.3 Å². The summed E-state index contributed by atoms with van der Waals surface area (Å²) in [7, 11) is 0. The minimum absolute atomic E-state index is 0.0353. The Bertz CT molecular complexity index is 322. The lowest BCUT2D eigenvalue weighted by Crippen LogP contribution is -2.42. The van der Waals surface area contributed by atoms with Crippen LogP contribution in [0.4, 0.5) is 0 Å². The number of carbonyl (C=O) groups excluding carboxylic acids is 1. The summed E-state index contributed by atoms with van der Waals surface area (Å²) in [4.78, 5) is 12.1. The van der Waals surface area contributed by atoms with Crippen molar-refractivity contribution in [3.63, 3.8) is 0 Å². The Morgan fingerprint density at radius 3 is 2.62 bits per heavy atom. The van der Waals surface area contributed by atoms with Gasteiger partial charge in [0.15, 0.2) is 5.78 Å². The molecule has 0 aliphatic heterocycles. The lowest BCUT2D eigenvalue weighted by atomic mass is 9.85. The van der Waals surface area contributed by atoms with E-state index in [4.69, 9.17) is 17.2 Å². The van der Waals surface area contributed by atoms with E-state index in [0.717, 1.165) is 6.42 Å². The van der Waals surface area contributed by atoms with Gasteiger partial charge >= 0.3 is 0 Å². The number of carbonyl (C=O) groups is 1. The van der Waals surface area contributed by atoms with Gasteiger partial charge in [-0.3, -0.25) is 4.79 Å². The Balaban J connectivity index is 2.75. The summed E-state index contributed by atoms with van der Waals surface area (Å²) in [5.41, 5.74) is 17.7. The number of ketones is 1. The van der Waals surface area contributed by atoms with Crippen LogP contribution in [0.2, 0.25) is 0 Å². The third-order valence-electron chi connectivity index (χ3n) is 3.07. The second kappa shape index (κ2) is 5.27. The van der Waals surface area contributed by atoms with Crippen molar-refractivity contribution < 1.29 is 4.79 Å². The highest BCUT2D eigenvalue weighted by Crippen LogP contribution is 2.21. The molecule has 3 atom stereocenters. The smallest absolute Gasteiger partial charge is 0.162 e. The van der Waals surface area contributed by atoms with Crippen LogP contribution in [0.3, 0.4) is 0 Å². The van der Waals surface area contributed by atoms with E-state index in [9.17, 15) is 4.79 Å². The van der Waals surface area contributed by atoms with Crippen molar-refractivity contribution in [1.82, 2.24) is 0 Å². The van der Waals surface area contributed by atoms with E-state index in [2.05, 4.69) is 0 Å². The van der Waals surface area contributed by atoms with Gasteiger partial charge in [-0.25, -0.2) is 0 Å². The number of hydrogen-bond acceptors (Lipinski definition) is 4. The predicted molar refractivity (Wildman–Crippen MR) is 64.8 cm³/mol. The third-order valence-corrected chi connectivity index (χ3v) is 3.07. The molecular formula is C12H20N3O. The fraction of sp³-hybridized carbons (Fsp3) is 0.500. The maximum absolute atomic E-state index is 12.1. The van der Waals surface area contributed by atoms with Crippen LogP contribution >= 0.6 is 0 Å². The standard InChI is InChI=1S/C12H20N3O/c1-3-7(2)11(15)12(16)9-5-4-8(13)6-10(9)14/h4-7,9,11H,3,13-15H2,1-2H3/t7-,9?,11-/m1/s1. The number of nitrogens with two attached hydrogens (primary N) is 3. The van der Waals surface area contributed by atoms with Gasteiger partial charge < -0.3 is 17.2 Å². The highest BCUT2D eigenvalue weighted by molar-refractivity contribution is 5.90. The zero-order valence-electron chi connectivity index (χ0n) is 9.81. The largest absolute Gasteiger partial charge is 0.401 e. The molecule has 89 valence electrons. The molecule has 0 aromatic carbocycles. The van der Waals surface area contributed by atoms with Crippen molar-refractivity contribution in [1.29, 1.82) is 0 Å². The van der Waals surface area contributed by atoms with Gasteiger partial charge in [-0.05, 0) is 12.0 Å². The zero-order chi connectivity index (χ0) is 12.3. The van der Waals surface area contributed by atoms with Gasteiger partial charge in [-0.2, -0.15) is 0 Å². The maximum Gasteiger partial charge on any atom is 0.162 e. The number of Topliss-reactive ketones (excluding diaryl/α,β-unsaturated/α-hetero) is 1. The number of hydrogen-bond donors (Lipinski definition) is 3. The Morgan fingerprint density at radius 2 is 2.12 bits per heavy atom. The molecule has 0 aromatic heterocycles. The van der Waals surface area contributed by atoms with Gasteiger partial charge in [0.1, 0.15) is 0 Å². The van der Waals surface area contributed by atoms with E-state index in [1.807, 2.05) is 13.8 Å². The van der Waals surface area contributed by atoms with E-state index < -0.39 is 12.0 Å². The predicted octanol–water partition coefficient (Wildman–Crippen LogP) is 0.448. The molecule has 1 radical (unpaired) electrons. The first-order valence-electron chi connectivity index (χ1n) is 5.54. The van der Waals surface area contributed by atoms with E-state index in [1.165, 1.54) is 0 Å². The quantitative estimate of drug-likeness (QED) is 0.643. The van der Waals surface area contributed by atoms with Crippen LogP contribution in [-0.4, -0.2) is 11.8 Å². The second-order valence-electron chi connectivity index (χ2n) is 4.29. The topological polar surface area (TPSA) is 95.1 Å². The molecule has 0 saturated carbocycles. The third kappa shape index (κ3) is 2.71. The van der Waals surface area contributed by atoms with Gasteiger partial charge in [0.2, 0.25) is 0 Å². The van der Waals surface area contributed by atoms with Gasteiger partial charge in [0.05, 0.1) is 18.0 Å². The molecule has 0 fully saturated rings. The molecular weight excluding hydrogens is 202 g/mol. The summed E-state index contributed by atoms with van der Waals surface area (Å²) in [5, 5.41) is 0. The van der Waals surface area contributed by atoms with Crippen LogP contribution in [0.15, 0.2) is 23.9 Å². The highest BCUT2D eigenvalue weighted by atomic mass is 16.1. The molecule has 0 aromatic rings.